The minimum absolute atomic E-state index is 0.178. The molecule has 1 saturated carbocycles. The van der Waals surface area contributed by atoms with Crippen LogP contribution in [0, 0.1) is 5.41 Å². The van der Waals surface area contributed by atoms with E-state index < -0.39 is 15.9 Å². The van der Waals surface area contributed by atoms with Crippen molar-refractivity contribution in [2.45, 2.75) is 43.4 Å². The van der Waals surface area contributed by atoms with Gasteiger partial charge in [-0.15, -0.1) is 0 Å². The van der Waals surface area contributed by atoms with Crippen molar-refractivity contribution < 1.29 is 18.6 Å². The van der Waals surface area contributed by atoms with Gasteiger partial charge in [-0.25, -0.2) is 8.42 Å². The first-order valence-electron chi connectivity index (χ1n) is 7.02. The van der Waals surface area contributed by atoms with Crippen molar-refractivity contribution in [3.63, 3.8) is 0 Å². The van der Waals surface area contributed by atoms with E-state index in [2.05, 4.69) is 5.32 Å². The summed E-state index contributed by atoms with van der Waals surface area (Å²) in [6.07, 6.45) is 0.838. The van der Waals surface area contributed by atoms with Crippen molar-refractivity contribution in [2.24, 2.45) is 5.41 Å². The molecule has 1 aliphatic carbocycles. The summed E-state index contributed by atoms with van der Waals surface area (Å²) < 4.78 is 22.8. The lowest BCUT2D eigenvalue weighted by Crippen LogP contribution is -2.60. The molecule has 0 radical (unpaired) electrons. The zero-order valence-corrected chi connectivity index (χ0v) is 13.4. The third kappa shape index (κ3) is 3.45. The molecule has 0 spiro atoms. The summed E-state index contributed by atoms with van der Waals surface area (Å²) in [6, 6.07) is 6.44. The Labute approximate surface area is 125 Å². The molecule has 1 aliphatic rings. The minimum Gasteiger partial charge on any atom is -0.392 e. The van der Waals surface area contributed by atoms with Crippen LogP contribution in [-0.4, -0.2) is 43.6 Å². The van der Waals surface area contributed by atoms with Crippen LogP contribution in [0.2, 0.25) is 0 Å². The predicted molar refractivity (Wildman–Crippen MR) is 80.7 cm³/mol. The summed E-state index contributed by atoms with van der Waals surface area (Å²) in [5.41, 5.74) is 0.493. The molecule has 6 heteroatoms. The zero-order chi connectivity index (χ0) is 15.8. The Morgan fingerprint density at radius 1 is 1.33 bits per heavy atom. The Bertz CT molecular complexity index is 595. The average molecular weight is 313 g/mol. The van der Waals surface area contributed by atoms with Gasteiger partial charge in [-0.2, -0.15) is 0 Å². The fraction of sp³-hybridized carbons (Fsp3) is 0.600. The van der Waals surface area contributed by atoms with Crippen LogP contribution >= 0.6 is 0 Å². The van der Waals surface area contributed by atoms with Crippen LogP contribution in [-0.2, 0) is 9.84 Å². The van der Waals surface area contributed by atoms with Crippen LogP contribution in [0.5, 0.6) is 0 Å². The van der Waals surface area contributed by atoms with Gasteiger partial charge in [-0.1, -0.05) is 26.0 Å². The molecule has 118 valence electrons. The van der Waals surface area contributed by atoms with E-state index in [-0.39, 0.29) is 22.5 Å². The molecule has 1 aromatic carbocycles. The van der Waals surface area contributed by atoms with Gasteiger partial charge in [0.2, 0.25) is 0 Å². The van der Waals surface area contributed by atoms with E-state index in [9.17, 15) is 18.6 Å². The SMILES string of the molecule is CC1(C)C(O)CC1NCC(O)c1ccc(S(C)(=O)=O)cc1. The maximum atomic E-state index is 11.4. The van der Waals surface area contributed by atoms with Gasteiger partial charge in [-0.05, 0) is 24.1 Å². The Kier molecular flexibility index (Phi) is 4.44. The van der Waals surface area contributed by atoms with E-state index >= 15 is 0 Å². The molecule has 5 nitrogen and oxygen atoms in total. The van der Waals surface area contributed by atoms with E-state index in [1.165, 1.54) is 12.1 Å². The van der Waals surface area contributed by atoms with Gasteiger partial charge in [0, 0.05) is 24.3 Å². The highest BCUT2D eigenvalue weighted by Crippen LogP contribution is 2.40. The molecule has 0 aliphatic heterocycles. The van der Waals surface area contributed by atoms with Gasteiger partial charge >= 0.3 is 0 Å². The number of rotatable bonds is 5. The minimum atomic E-state index is -3.21. The van der Waals surface area contributed by atoms with Crippen molar-refractivity contribution in [3.05, 3.63) is 29.8 Å². The third-order valence-corrected chi connectivity index (χ3v) is 5.60. The first-order valence-corrected chi connectivity index (χ1v) is 8.91. The fourth-order valence-electron chi connectivity index (χ4n) is 2.56. The summed E-state index contributed by atoms with van der Waals surface area (Å²) in [5, 5.41) is 23.1. The Morgan fingerprint density at radius 3 is 2.33 bits per heavy atom. The molecule has 1 fully saturated rings. The second-order valence-electron chi connectivity index (χ2n) is 6.39. The molecular formula is C15H23NO4S. The molecule has 0 bridgehead atoms. The number of hydrogen-bond acceptors (Lipinski definition) is 5. The molecular weight excluding hydrogens is 290 g/mol. The zero-order valence-electron chi connectivity index (χ0n) is 12.6. The van der Waals surface area contributed by atoms with Gasteiger partial charge in [0.05, 0.1) is 17.1 Å². The van der Waals surface area contributed by atoms with Crippen molar-refractivity contribution in [2.75, 3.05) is 12.8 Å². The fourth-order valence-corrected chi connectivity index (χ4v) is 3.19. The standard InChI is InChI=1S/C15H23NO4S/c1-15(2)13(8-14(15)18)16-9-12(17)10-4-6-11(7-5-10)21(3,19)20/h4-7,12-14,16-18H,8-9H2,1-3H3. The van der Waals surface area contributed by atoms with Gasteiger partial charge < -0.3 is 15.5 Å². The number of hydrogen-bond donors (Lipinski definition) is 3. The highest BCUT2D eigenvalue weighted by molar-refractivity contribution is 7.90. The number of sulfone groups is 1. The Hall–Kier alpha value is -0.950. The highest BCUT2D eigenvalue weighted by atomic mass is 32.2. The number of nitrogens with one attached hydrogen (secondary N) is 1. The summed E-state index contributed by atoms with van der Waals surface area (Å²) >= 11 is 0. The predicted octanol–water partition coefficient (Wildman–Crippen LogP) is 0.873. The third-order valence-electron chi connectivity index (χ3n) is 4.47. The largest absolute Gasteiger partial charge is 0.392 e. The lowest BCUT2D eigenvalue weighted by atomic mass is 9.64. The molecule has 21 heavy (non-hydrogen) atoms. The van der Waals surface area contributed by atoms with E-state index in [1.807, 2.05) is 13.8 Å². The van der Waals surface area contributed by atoms with Crippen LogP contribution in [0.1, 0.15) is 31.9 Å². The molecule has 0 heterocycles. The smallest absolute Gasteiger partial charge is 0.175 e. The molecule has 0 amide bonds. The van der Waals surface area contributed by atoms with Crippen molar-refractivity contribution in [3.8, 4) is 0 Å². The van der Waals surface area contributed by atoms with E-state index in [0.29, 0.717) is 18.5 Å². The normalized spacial score (nSPS) is 26.1. The first kappa shape index (κ1) is 16.4. The maximum absolute atomic E-state index is 11.4. The van der Waals surface area contributed by atoms with Crippen LogP contribution in [0.25, 0.3) is 0 Å². The molecule has 3 N–H and O–H groups in total. The van der Waals surface area contributed by atoms with Crippen LogP contribution in [0.15, 0.2) is 29.2 Å². The average Bonchev–Trinajstić information content (AvgIpc) is 2.42. The van der Waals surface area contributed by atoms with Crippen molar-refractivity contribution in [1.29, 1.82) is 0 Å². The summed E-state index contributed by atoms with van der Waals surface area (Å²) in [4.78, 5) is 0.245. The molecule has 0 saturated heterocycles. The lowest BCUT2D eigenvalue weighted by Gasteiger charge is -2.50. The first-order chi connectivity index (χ1) is 9.62. The lowest BCUT2D eigenvalue weighted by molar-refractivity contribution is -0.0749. The van der Waals surface area contributed by atoms with Crippen LogP contribution in [0.4, 0.5) is 0 Å². The van der Waals surface area contributed by atoms with Gasteiger partial charge in [0.15, 0.2) is 9.84 Å². The second-order valence-corrected chi connectivity index (χ2v) is 8.41. The van der Waals surface area contributed by atoms with Crippen molar-refractivity contribution >= 4 is 9.84 Å². The topological polar surface area (TPSA) is 86.6 Å². The van der Waals surface area contributed by atoms with Gasteiger partial charge in [0.1, 0.15) is 0 Å². The molecule has 3 atom stereocenters. The summed E-state index contributed by atoms with van der Waals surface area (Å²) in [7, 11) is -3.21. The van der Waals surface area contributed by atoms with Gasteiger partial charge in [0.25, 0.3) is 0 Å². The van der Waals surface area contributed by atoms with Crippen LogP contribution < -0.4 is 5.32 Å². The molecule has 0 aromatic heterocycles. The quantitative estimate of drug-likeness (QED) is 0.751. The maximum Gasteiger partial charge on any atom is 0.175 e. The summed E-state index contributed by atoms with van der Waals surface area (Å²) in [5.74, 6) is 0. The number of benzene rings is 1. The molecule has 3 unspecified atom stereocenters. The number of aliphatic hydroxyl groups excluding tert-OH is 2. The second kappa shape index (κ2) is 5.68. The Morgan fingerprint density at radius 2 is 1.90 bits per heavy atom. The van der Waals surface area contributed by atoms with E-state index in [0.717, 1.165) is 6.26 Å². The van der Waals surface area contributed by atoms with Crippen molar-refractivity contribution in [1.82, 2.24) is 5.32 Å². The monoisotopic (exact) mass is 313 g/mol. The molecule has 1 aromatic rings. The molecule has 2 rings (SSSR count). The summed E-state index contributed by atoms with van der Waals surface area (Å²) in [6.45, 7) is 4.36. The van der Waals surface area contributed by atoms with Gasteiger partial charge in [-0.3, -0.25) is 0 Å². The number of aliphatic hydroxyl groups is 2. The van der Waals surface area contributed by atoms with E-state index in [4.69, 9.17) is 0 Å². The Balaban J connectivity index is 1.94. The van der Waals surface area contributed by atoms with Crippen LogP contribution in [0.3, 0.4) is 0 Å². The highest BCUT2D eigenvalue weighted by Gasteiger charge is 2.46. The van der Waals surface area contributed by atoms with E-state index in [1.54, 1.807) is 12.1 Å².